The second-order valence-corrected chi connectivity index (χ2v) is 6.39. The molecule has 2 aliphatic rings. The van der Waals surface area contributed by atoms with Crippen LogP contribution < -0.4 is 0 Å². The van der Waals surface area contributed by atoms with E-state index in [0.29, 0.717) is 11.5 Å². The Hall–Kier alpha value is -3.36. The van der Waals surface area contributed by atoms with Crippen LogP contribution in [0.25, 0.3) is 0 Å². The zero-order valence-electron chi connectivity index (χ0n) is 16.6. The fourth-order valence-electron chi connectivity index (χ4n) is 2.78. The highest BCUT2D eigenvalue weighted by molar-refractivity contribution is 5.70. The van der Waals surface area contributed by atoms with E-state index in [2.05, 4.69) is 0 Å². The van der Waals surface area contributed by atoms with Gasteiger partial charge in [0.2, 0.25) is 0 Å². The maximum atomic E-state index is 11.3. The first-order chi connectivity index (χ1) is 13.5. The molecular formula is C20H22O9. The van der Waals surface area contributed by atoms with Gasteiger partial charge in [-0.1, -0.05) is 0 Å². The SMILES string of the molecule is CC(=O)OC1(OC(C)=O)C=CC(OC2=CCC(OC(C)=O)(OC(C)=O)C=C2)=CC1. The van der Waals surface area contributed by atoms with Crippen molar-refractivity contribution in [1.29, 1.82) is 0 Å². The molecule has 0 aromatic heterocycles. The lowest BCUT2D eigenvalue weighted by molar-refractivity contribution is -0.210. The van der Waals surface area contributed by atoms with Gasteiger partial charge in [0.05, 0.1) is 12.8 Å². The van der Waals surface area contributed by atoms with Crippen molar-refractivity contribution in [2.75, 3.05) is 0 Å². The van der Waals surface area contributed by atoms with Gasteiger partial charge >= 0.3 is 23.9 Å². The Morgan fingerprint density at radius 2 is 0.966 bits per heavy atom. The van der Waals surface area contributed by atoms with Gasteiger partial charge in [0.1, 0.15) is 11.5 Å². The van der Waals surface area contributed by atoms with Crippen LogP contribution >= 0.6 is 0 Å². The highest BCUT2D eigenvalue weighted by atomic mass is 16.7. The normalized spacial score (nSPS) is 18.6. The van der Waals surface area contributed by atoms with E-state index in [9.17, 15) is 19.2 Å². The van der Waals surface area contributed by atoms with Crippen molar-refractivity contribution in [3.05, 3.63) is 48.0 Å². The summed E-state index contributed by atoms with van der Waals surface area (Å²) in [5, 5.41) is 0. The minimum absolute atomic E-state index is 0.0693. The van der Waals surface area contributed by atoms with E-state index in [1.807, 2.05) is 0 Å². The third-order valence-corrected chi connectivity index (χ3v) is 3.68. The van der Waals surface area contributed by atoms with Crippen LogP contribution in [0.4, 0.5) is 0 Å². The Morgan fingerprint density at radius 3 is 1.17 bits per heavy atom. The first-order valence-electron chi connectivity index (χ1n) is 8.78. The monoisotopic (exact) mass is 406 g/mol. The molecule has 0 aliphatic heterocycles. The minimum Gasteiger partial charge on any atom is -0.458 e. The molecule has 9 heteroatoms. The van der Waals surface area contributed by atoms with Crippen molar-refractivity contribution in [3.63, 3.8) is 0 Å². The van der Waals surface area contributed by atoms with Gasteiger partial charge < -0.3 is 23.7 Å². The molecule has 156 valence electrons. The molecule has 0 bridgehead atoms. The molecule has 0 spiro atoms. The van der Waals surface area contributed by atoms with Gasteiger partial charge in [0, 0.05) is 39.8 Å². The van der Waals surface area contributed by atoms with Crippen LogP contribution in [0.2, 0.25) is 0 Å². The number of carbonyl (C=O) groups excluding carboxylic acids is 4. The molecular weight excluding hydrogens is 384 g/mol. The van der Waals surface area contributed by atoms with Gasteiger partial charge in [-0.25, -0.2) is 0 Å². The molecule has 9 nitrogen and oxygen atoms in total. The summed E-state index contributed by atoms with van der Waals surface area (Å²) in [5.41, 5.74) is 0. The van der Waals surface area contributed by atoms with Crippen molar-refractivity contribution >= 4 is 23.9 Å². The second kappa shape index (κ2) is 8.76. The lowest BCUT2D eigenvalue weighted by Crippen LogP contribution is -2.38. The molecule has 29 heavy (non-hydrogen) atoms. The first-order valence-corrected chi connectivity index (χ1v) is 8.78. The fourth-order valence-corrected chi connectivity index (χ4v) is 2.78. The van der Waals surface area contributed by atoms with Crippen molar-refractivity contribution in [1.82, 2.24) is 0 Å². The van der Waals surface area contributed by atoms with Crippen LogP contribution in [-0.4, -0.2) is 35.5 Å². The van der Waals surface area contributed by atoms with Gasteiger partial charge in [-0.15, -0.1) is 0 Å². The van der Waals surface area contributed by atoms with E-state index in [0.717, 1.165) is 0 Å². The largest absolute Gasteiger partial charge is 0.458 e. The summed E-state index contributed by atoms with van der Waals surface area (Å²) in [6.07, 6.45) is 9.18. The summed E-state index contributed by atoms with van der Waals surface area (Å²) in [6, 6.07) is 0. The Morgan fingerprint density at radius 1 is 0.655 bits per heavy atom. The minimum atomic E-state index is -1.51. The number of allylic oxidation sites excluding steroid dienone is 2. The van der Waals surface area contributed by atoms with Crippen molar-refractivity contribution in [3.8, 4) is 0 Å². The maximum absolute atomic E-state index is 11.3. The van der Waals surface area contributed by atoms with E-state index < -0.39 is 35.5 Å². The molecule has 2 aliphatic carbocycles. The second-order valence-electron chi connectivity index (χ2n) is 6.39. The van der Waals surface area contributed by atoms with Gasteiger partial charge in [-0.05, 0) is 24.3 Å². The van der Waals surface area contributed by atoms with Gasteiger partial charge in [0.25, 0.3) is 11.6 Å². The molecule has 2 rings (SSSR count). The predicted octanol–water partition coefficient (Wildman–Crippen LogP) is 2.34. The summed E-state index contributed by atoms with van der Waals surface area (Å²) in [5.74, 6) is -4.58. The highest BCUT2D eigenvalue weighted by Crippen LogP contribution is 2.31. The van der Waals surface area contributed by atoms with Gasteiger partial charge in [-0.2, -0.15) is 0 Å². The number of ether oxygens (including phenoxy) is 5. The molecule has 0 heterocycles. The summed E-state index contributed by atoms with van der Waals surface area (Å²) < 4.78 is 26.3. The zero-order chi connectivity index (χ0) is 21.7. The average Bonchev–Trinajstić information content (AvgIpc) is 2.56. The van der Waals surface area contributed by atoms with Gasteiger partial charge in [-0.3, -0.25) is 19.2 Å². The van der Waals surface area contributed by atoms with E-state index in [4.69, 9.17) is 23.7 Å². The third-order valence-electron chi connectivity index (χ3n) is 3.68. The lowest BCUT2D eigenvalue weighted by atomic mass is 10.1. The lowest BCUT2D eigenvalue weighted by Gasteiger charge is -2.31. The number of hydrogen-bond acceptors (Lipinski definition) is 9. The Kier molecular flexibility index (Phi) is 6.63. The van der Waals surface area contributed by atoms with E-state index in [-0.39, 0.29) is 12.8 Å². The number of hydrogen-bond donors (Lipinski definition) is 0. The Balaban J connectivity index is 2.07. The Labute approximate surface area is 167 Å². The highest BCUT2D eigenvalue weighted by Gasteiger charge is 2.37. The summed E-state index contributed by atoms with van der Waals surface area (Å²) in [4.78, 5) is 45.3. The number of rotatable bonds is 6. The zero-order valence-corrected chi connectivity index (χ0v) is 16.6. The predicted molar refractivity (Wildman–Crippen MR) is 97.3 cm³/mol. The Bertz CT molecular complexity index is 729. The van der Waals surface area contributed by atoms with Crippen molar-refractivity contribution in [2.45, 2.75) is 52.1 Å². The summed E-state index contributed by atoms with van der Waals surface area (Å²) in [6.45, 7) is 4.85. The standard InChI is InChI=1S/C20H22O9/c1-13(21)26-19(27-14(2)22)9-5-17(6-10-19)25-18-7-11-20(12-8-18,28-15(3)23)29-16(4)24/h5-9,11H,10,12H2,1-4H3. The molecule has 0 unspecified atom stereocenters. The van der Waals surface area contributed by atoms with E-state index >= 15 is 0 Å². The molecule has 0 fully saturated rings. The summed E-state index contributed by atoms with van der Waals surface area (Å²) >= 11 is 0. The van der Waals surface area contributed by atoms with E-state index in [1.165, 1.54) is 52.0 Å². The molecule has 0 saturated carbocycles. The van der Waals surface area contributed by atoms with Crippen LogP contribution in [-0.2, 0) is 42.9 Å². The van der Waals surface area contributed by atoms with Crippen LogP contribution in [0.1, 0.15) is 40.5 Å². The fraction of sp³-hybridized carbons (Fsp3) is 0.400. The van der Waals surface area contributed by atoms with Crippen molar-refractivity contribution < 1.29 is 42.9 Å². The molecule has 0 amide bonds. The van der Waals surface area contributed by atoms with Crippen LogP contribution in [0.5, 0.6) is 0 Å². The van der Waals surface area contributed by atoms with Crippen LogP contribution in [0.15, 0.2) is 48.0 Å². The molecule has 0 saturated heterocycles. The summed E-state index contributed by atoms with van der Waals surface area (Å²) in [7, 11) is 0. The molecule has 0 aromatic carbocycles. The van der Waals surface area contributed by atoms with Crippen LogP contribution in [0, 0.1) is 0 Å². The molecule has 0 aromatic rings. The first kappa shape index (κ1) is 21.9. The number of carbonyl (C=O) groups is 4. The average molecular weight is 406 g/mol. The topological polar surface area (TPSA) is 114 Å². The van der Waals surface area contributed by atoms with Crippen LogP contribution in [0.3, 0.4) is 0 Å². The van der Waals surface area contributed by atoms with Crippen molar-refractivity contribution in [2.24, 2.45) is 0 Å². The maximum Gasteiger partial charge on any atom is 0.306 e. The van der Waals surface area contributed by atoms with E-state index in [1.54, 1.807) is 12.2 Å². The smallest absolute Gasteiger partial charge is 0.306 e. The third kappa shape index (κ3) is 6.34. The molecule has 0 N–H and O–H groups in total. The quantitative estimate of drug-likeness (QED) is 0.484. The molecule has 0 radical (unpaired) electrons. The molecule has 0 atom stereocenters. The number of esters is 4. The van der Waals surface area contributed by atoms with Gasteiger partial charge in [0.15, 0.2) is 0 Å².